The van der Waals surface area contributed by atoms with E-state index in [0.717, 1.165) is 11.1 Å². The Morgan fingerprint density at radius 2 is 1.56 bits per heavy atom. The Balaban J connectivity index is 1.59. The van der Waals surface area contributed by atoms with Crippen molar-refractivity contribution in [3.05, 3.63) is 112 Å². The van der Waals surface area contributed by atoms with E-state index in [9.17, 15) is 19.5 Å². The molecule has 1 N–H and O–H groups in total. The maximum absolute atomic E-state index is 13.8. The quantitative estimate of drug-likeness (QED) is 0.386. The van der Waals surface area contributed by atoms with Crippen molar-refractivity contribution in [2.75, 3.05) is 20.1 Å². The number of rotatable bonds is 6. The Morgan fingerprint density at radius 3 is 2.18 bits per heavy atom. The van der Waals surface area contributed by atoms with Crippen LogP contribution in [0.25, 0.3) is 16.5 Å². The van der Waals surface area contributed by atoms with Gasteiger partial charge in [-0.3, -0.25) is 19.1 Å². The Bertz CT molecular complexity index is 1600. The van der Waals surface area contributed by atoms with Crippen molar-refractivity contribution in [3.8, 4) is 5.69 Å². The fourth-order valence-corrected chi connectivity index (χ4v) is 5.99. The Labute approximate surface area is 227 Å². The smallest absolute Gasteiger partial charge is 0.338 e. The molecule has 2 heterocycles. The van der Waals surface area contributed by atoms with E-state index in [0.29, 0.717) is 54.6 Å². The number of hydrogen-bond donors (Lipinski definition) is 1. The standard InChI is InChI=1S/C32H33N3O4/c1-22-10-9-13-25(20-22)35-28(29(31(38)39)26-14-7-8-15-27(26)30(35)37)21-34-18-16-32(17-19-34,33(3)23(2)36)24-11-5-4-6-12-24/h4-15,20H,16-19,21H2,1-3H3,(H,38,39). The zero-order valence-corrected chi connectivity index (χ0v) is 22.6. The fraction of sp³-hybridized carbons (Fsp3) is 0.281. The molecule has 3 aromatic carbocycles. The van der Waals surface area contributed by atoms with Crippen molar-refractivity contribution in [3.63, 3.8) is 0 Å². The molecule has 0 radical (unpaired) electrons. The molecule has 0 bridgehead atoms. The molecule has 7 nitrogen and oxygen atoms in total. The van der Waals surface area contributed by atoms with Crippen LogP contribution in [0.2, 0.25) is 0 Å². The van der Waals surface area contributed by atoms with Gasteiger partial charge in [-0.05, 0) is 49.1 Å². The Kier molecular flexibility index (Phi) is 7.10. The molecule has 7 heteroatoms. The number of hydrogen-bond acceptors (Lipinski definition) is 4. The second-order valence-electron chi connectivity index (χ2n) is 10.4. The molecule has 1 aliphatic rings. The van der Waals surface area contributed by atoms with Crippen LogP contribution in [0.4, 0.5) is 0 Å². The molecule has 1 aliphatic heterocycles. The summed E-state index contributed by atoms with van der Waals surface area (Å²) in [5.74, 6) is -1.06. The number of fused-ring (bicyclic) bond motifs is 1. The number of aromatic nitrogens is 1. The van der Waals surface area contributed by atoms with Gasteiger partial charge in [-0.25, -0.2) is 4.79 Å². The number of piperidine rings is 1. The summed E-state index contributed by atoms with van der Waals surface area (Å²) in [5, 5.41) is 11.2. The second-order valence-corrected chi connectivity index (χ2v) is 10.4. The van der Waals surface area contributed by atoms with Crippen molar-refractivity contribution in [2.45, 2.75) is 38.8 Å². The number of aryl methyl sites for hydroxylation is 1. The zero-order chi connectivity index (χ0) is 27.7. The van der Waals surface area contributed by atoms with Crippen molar-refractivity contribution in [1.82, 2.24) is 14.4 Å². The maximum Gasteiger partial charge on any atom is 0.338 e. The number of amides is 1. The average Bonchev–Trinajstić information content (AvgIpc) is 2.93. The Morgan fingerprint density at radius 1 is 0.923 bits per heavy atom. The van der Waals surface area contributed by atoms with E-state index < -0.39 is 11.5 Å². The summed E-state index contributed by atoms with van der Waals surface area (Å²) in [5.41, 5.74) is 2.65. The summed E-state index contributed by atoms with van der Waals surface area (Å²) in [7, 11) is 1.85. The number of carboxylic acid groups (broad SMARTS) is 1. The monoisotopic (exact) mass is 523 g/mol. The lowest BCUT2D eigenvalue weighted by Crippen LogP contribution is -2.53. The van der Waals surface area contributed by atoms with Gasteiger partial charge in [-0.1, -0.05) is 60.7 Å². The van der Waals surface area contributed by atoms with Gasteiger partial charge in [0.05, 0.1) is 16.8 Å². The number of likely N-dealkylation sites (tertiary alicyclic amines) is 1. The first-order valence-electron chi connectivity index (χ1n) is 13.2. The highest BCUT2D eigenvalue weighted by atomic mass is 16.4. The van der Waals surface area contributed by atoms with Crippen molar-refractivity contribution < 1.29 is 14.7 Å². The number of carboxylic acids is 1. The van der Waals surface area contributed by atoms with E-state index in [4.69, 9.17) is 0 Å². The highest BCUT2D eigenvalue weighted by molar-refractivity contribution is 6.04. The maximum atomic E-state index is 13.8. The van der Waals surface area contributed by atoms with Gasteiger partial charge in [0.25, 0.3) is 5.56 Å². The van der Waals surface area contributed by atoms with Crippen LogP contribution in [0.5, 0.6) is 0 Å². The molecule has 0 spiro atoms. The Hall–Kier alpha value is -4.23. The molecule has 0 atom stereocenters. The van der Waals surface area contributed by atoms with E-state index in [-0.39, 0.29) is 17.0 Å². The summed E-state index contributed by atoms with van der Waals surface area (Å²) in [4.78, 5) is 43.1. The molecular weight excluding hydrogens is 490 g/mol. The van der Waals surface area contributed by atoms with Crippen molar-refractivity contribution in [2.24, 2.45) is 0 Å². The van der Waals surface area contributed by atoms with Crippen molar-refractivity contribution >= 4 is 22.6 Å². The molecule has 39 heavy (non-hydrogen) atoms. The van der Waals surface area contributed by atoms with Crippen LogP contribution < -0.4 is 5.56 Å². The normalized spacial score (nSPS) is 15.3. The molecule has 0 saturated carbocycles. The molecule has 200 valence electrons. The van der Waals surface area contributed by atoms with Crippen LogP contribution in [-0.2, 0) is 16.9 Å². The van der Waals surface area contributed by atoms with E-state index >= 15 is 0 Å². The summed E-state index contributed by atoms with van der Waals surface area (Å²) in [6.45, 7) is 5.11. The number of pyridine rings is 1. The molecule has 1 amide bonds. The fourth-order valence-electron chi connectivity index (χ4n) is 5.99. The van der Waals surface area contributed by atoms with Crippen LogP contribution in [-0.4, -0.2) is 51.5 Å². The van der Waals surface area contributed by atoms with Crippen LogP contribution in [0.3, 0.4) is 0 Å². The van der Waals surface area contributed by atoms with Gasteiger partial charge < -0.3 is 10.0 Å². The van der Waals surface area contributed by atoms with Gasteiger partial charge in [-0.2, -0.15) is 0 Å². The first-order chi connectivity index (χ1) is 18.7. The number of aromatic carboxylic acids is 1. The minimum atomic E-state index is -1.06. The topological polar surface area (TPSA) is 82.9 Å². The first-order valence-corrected chi connectivity index (χ1v) is 13.2. The third-order valence-electron chi connectivity index (χ3n) is 8.14. The van der Waals surface area contributed by atoms with E-state index in [1.165, 1.54) is 0 Å². The predicted octanol–water partition coefficient (Wildman–Crippen LogP) is 4.97. The average molecular weight is 524 g/mol. The lowest BCUT2D eigenvalue weighted by Gasteiger charge is -2.47. The SMILES string of the molecule is CC(=O)N(C)C1(c2ccccc2)CCN(Cc2c(C(=O)O)c3ccccc3c(=O)n2-c2cccc(C)c2)CC1. The first kappa shape index (κ1) is 26.4. The second kappa shape index (κ2) is 10.5. The minimum absolute atomic E-state index is 0.00304. The number of nitrogens with zero attached hydrogens (tertiary/aromatic N) is 3. The minimum Gasteiger partial charge on any atom is -0.478 e. The van der Waals surface area contributed by atoms with Crippen LogP contribution in [0.15, 0.2) is 83.7 Å². The van der Waals surface area contributed by atoms with E-state index in [2.05, 4.69) is 17.0 Å². The van der Waals surface area contributed by atoms with E-state index in [1.54, 1.807) is 35.8 Å². The molecule has 1 saturated heterocycles. The van der Waals surface area contributed by atoms with Gasteiger partial charge in [0.1, 0.15) is 0 Å². The molecule has 0 aliphatic carbocycles. The molecule has 1 fully saturated rings. The summed E-state index contributed by atoms with van der Waals surface area (Å²) >= 11 is 0. The van der Waals surface area contributed by atoms with Crippen molar-refractivity contribution in [1.29, 1.82) is 0 Å². The van der Waals surface area contributed by atoms with Gasteiger partial charge in [0.15, 0.2) is 0 Å². The highest BCUT2D eigenvalue weighted by Crippen LogP contribution is 2.39. The molecule has 0 unspecified atom stereocenters. The highest BCUT2D eigenvalue weighted by Gasteiger charge is 2.41. The molecule has 1 aromatic heterocycles. The summed E-state index contributed by atoms with van der Waals surface area (Å²) < 4.78 is 1.57. The van der Waals surface area contributed by atoms with Gasteiger partial charge in [0, 0.05) is 50.1 Å². The lowest BCUT2D eigenvalue weighted by atomic mass is 9.79. The number of carbonyl (C=O) groups excluding carboxylic acids is 1. The largest absolute Gasteiger partial charge is 0.478 e. The van der Waals surface area contributed by atoms with Crippen LogP contribution in [0, 0.1) is 6.92 Å². The van der Waals surface area contributed by atoms with Crippen LogP contribution >= 0.6 is 0 Å². The lowest BCUT2D eigenvalue weighted by molar-refractivity contribution is -0.136. The molecular formula is C32H33N3O4. The number of benzene rings is 3. The zero-order valence-electron chi connectivity index (χ0n) is 22.6. The third kappa shape index (κ3) is 4.74. The third-order valence-corrected chi connectivity index (χ3v) is 8.14. The summed E-state index contributed by atoms with van der Waals surface area (Å²) in [6, 6.07) is 24.6. The van der Waals surface area contributed by atoms with Gasteiger partial charge >= 0.3 is 5.97 Å². The van der Waals surface area contributed by atoms with Crippen LogP contribution in [0.1, 0.15) is 46.9 Å². The predicted molar refractivity (Wildman–Crippen MR) is 152 cm³/mol. The van der Waals surface area contributed by atoms with Gasteiger partial charge in [-0.15, -0.1) is 0 Å². The van der Waals surface area contributed by atoms with Gasteiger partial charge in [0.2, 0.25) is 5.91 Å². The number of carbonyl (C=O) groups is 2. The summed E-state index contributed by atoms with van der Waals surface area (Å²) in [6.07, 6.45) is 1.38. The molecule has 4 aromatic rings. The van der Waals surface area contributed by atoms with E-state index in [1.807, 2.05) is 61.3 Å². The molecule has 5 rings (SSSR count).